The molecule has 25 heavy (non-hydrogen) atoms. The second-order valence-electron chi connectivity index (χ2n) is 6.73. The number of aryl methyl sites for hydroxylation is 1. The van der Waals surface area contributed by atoms with E-state index in [1.165, 1.54) is 6.07 Å². The molecule has 1 amide bonds. The largest absolute Gasteiger partial charge is 0.325 e. The lowest BCUT2D eigenvalue weighted by Crippen LogP contribution is -2.35. The number of hydrogen-bond acceptors (Lipinski definition) is 4. The molecule has 0 bridgehead atoms. The molecule has 0 spiro atoms. The highest BCUT2D eigenvalue weighted by Gasteiger charge is 2.23. The Morgan fingerprint density at radius 2 is 2.16 bits per heavy atom. The van der Waals surface area contributed by atoms with Crippen LogP contribution in [-0.2, 0) is 17.8 Å². The van der Waals surface area contributed by atoms with Gasteiger partial charge in [0.1, 0.15) is 11.6 Å². The van der Waals surface area contributed by atoms with E-state index in [4.69, 9.17) is 0 Å². The van der Waals surface area contributed by atoms with E-state index in [1.54, 1.807) is 12.1 Å². The molecule has 0 saturated carbocycles. The van der Waals surface area contributed by atoms with Gasteiger partial charge in [-0.3, -0.25) is 4.79 Å². The number of carbonyl (C=O) groups is 1. The summed E-state index contributed by atoms with van der Waals surface area (Å²) < 4.78 is 16.4. The smallest absolute Gasteiger partial charge is 0.241 e. The van der Waals surface area contributed by atoms with Gasteiger partial charge in [0.2, 0.25) is 5.91 Å². The Morgan fingerprint density at radius 1 is 1.24 bits per heavy atom. The van der Waals surface area contributed by atoms with E-state index in [9.17, 15) is 9.18 Å². The average Bonchev–Trinajstić information content (AvgIpc) is 3.22. The van der Waals surface area contributed by atoms with Crippen molar-refractivity contribution in [1.82, 2.24) is 20.1 Å². The molecule has 1 fully saturated rings. The quantitative estimate of drug-likeness (QED) is 0.898. The first-order valence-electron chi connectivity index (χ1n) is 8.98. The maximum atomic E-state index is 14.4. The van der Waals surface area contributed by atoms with Gasteiger partial charge in [0.15, 0.2) is 5.82 Å². The Balaban J connectivity index is 1.62. The van der Waals surface area contributed by atoms with Gasteiger partial charge in [-0.1, -0.05) is 6.42 Å². The van der Waals surface area contributed by atoms with Gasteiger partial charge >= 0.3 is 0 Å². The van der Waals surface area contributed by atoms with Gasteiger partial charge in [-0.2, -0.15) is 0 Å². The molecule has 1 aromatic heterocycles. The molecule has 132 valence electrons. The van der Waals surface area contributed by atoms with Crippen LogP contribution in [0.4, 0.5) is 10.1 Å². The molecule has 0 aliphatic carbocycles. The fourth-order valence-electron chi connectivity index (χ4n) is 3.60. The van der Waals surface area contributed by atoms with Crippen molar-refractivity contribution in [2.24, 2.45) is 0 Å². The van der Waals surface area contributed by atoms with E-state index >= 15 is 0 Å². The third kappa shape index (κ3) is 3.28. The molecule has 1 aromatic carbocycles. The van der Waals surface area contributed by atoms with Crippen LogP contribution in [0, 0.1) is 5.82 Å². The molecule has 2 N–H and O–H groups in total. The van der Waals surface area contributed by atoms with Crippen molar-refractivity contribution in [3.05, 3.63) is 29.8 Å². The molecule has 1 atom stereocenters. The Kier molecular flexibility index (Phi) is 4.48. The lowest BCUT2D eigenvalue weighted by Gasteiger charge is -2.13. The summed E-state index contributed by atoms with van der Waals surface area (Å²) in [7, 11) is 0. The van der Waals surface area contributed by atoms with Crippen LogP contribution in [0.15, 0.2) is 18.2 Å². The van der Waals surface area contributed by atoms with Crippen molar-refractivity contribution in [3.8, 4) is 11.4 Å². The number of amides is 1. The molecule has 1 saturated heterocycles. The third-order valence-corrected chi connectivity index (χ3v) is 4.96. The van der Waals surface area contributed by atoms with Gasteiger partial charge < -0.3 is 15.2 Å². The number of halogens is 1. The van der Waals surface area contributed by atoms with Crippen LogP contribution in [0.2, 0.25) is 0 Å². The average molecular weight is 343 g/mol. The highest BCUT2D eigenvalue weighted by molar-refractivity contribution is 5.95. The number of nitrogens with zero attached hydrogens (tertiary/aromatic N) is 3. The summed E-state index contributed by atoms with van der Waals surface area (Å²) in [5.41, 5.74) is 0.971. The molecule has 1 unspecified atom stereocenters. The lowest BCUT2D eigenvalue weighted by atomic mass is 10.1. The van der Waals surface area contributed by atoms with E-state index in [-0.39, 0.29) is 17.8 Å². The predicted molar refractivity (Wildman–Crippen MR) is 92.6 cm³/mol. The number of nitrogens with one attached hydrogen (secondary N) is 2. The van der Waals surface area contributed by atoms with Crippen molar-refractivity contribution in [2.45, 2.75) is 51.1 Å². The highest BCUT2D eigenvalue weighted by atomic mass is 19.1. The third-order valence-electron chi connectivity index (χ3n) is 4.96. The van der Waals surface area contributed by atoms with Crippen LogP contribution in [0.5, 0.6) is 0 Å². The topological polar surface area (TPSA) is 71.8 Å². The second kappa shape index (κ2) is 6.92. The van der Waals surface area contributed by atoms with E-state index in [1.807, 2.05) is 4.57 Å². The standard InChI is InChI=1S/C18H22FN5O/c19-14-8-7-12(21-18(25)15-5-4-9-20-15)11-13(14)17-23-22-16-6-2-1-3-10-24(16)17/h7-8,11,15,20H,1-6,9-10H2,(H,21,25). The van der Waals surface area contributed by atoms with Crippen LogP contribution >= 0.6 is 0 Å². The summed E-state index contributed by atoms with van der Waals surface area (Å²) in [6.45, 7) is 1.67. The van der Waals surface area contributed by atoms with E-state index in [2.05, 4.69) is 20.8 Å². The Labute approximate surface area is 145 Å². The van der Waals surface area contributed by atoms with Crippen LogP contribution in [-0.4, -0.2) is 33.3 Å². The minimum Gasteiger partial charge on any atom is -0.325 e. The van der Waals surface area contributed by atoms with Gasteiger partial charge in [0.25, 0.3) is 0 Å². The number of carbonyl (C=O) groups excluding carboxylic acids is 1. The molecule has 6 nitrogen and oxygen atoms in total. The highest BCUT2D eigenvalue weighted by Crippen LogP contribution is 2.27. The van der Waals surface area contributed by atoms with Gasteiger partial charge in [-0.05, 0) is 50.4 Å². The van der Waals surface area contributed by atoms with E-state index in [0.29, 0.717) is 17.1 Å². The molecule has 2 aromatic rings. The first kappa shape index (κ1) is 16.2. The molecule has 3 heterocycles. The molecule has 2 aliphatic rings. The zero-order chi connectivity index (χ0) is 17.2. The normalized spacial score (nSPS) is 20.1. The zero-order valence-electron chi connectivity index (χ0n) is 14.1. The van der Waals surface area contributed by atoms with Crippen LogP contribution in [0.25, 0.3) is 11.4 Å². The van der Waals surface area contributed by atoms with Crippen molar-refractivity contribution < 1.29 is 9.18 Å². The molecule has 2 aliphatic heterocycles. The first-order valence-corrected chi connectivity index (χ1v) is 8.98. The summed E-state index contributed by atoms with van der Waals surface area (Å²) in [4.78, 5) is 12.3. The molecular weight excluding hydrogens is 321 g/mol. The van der Waals surface area contributed by atoms with Crippen molar-refractivity contribution in [2.75, 3.05) is 11.9 Å². The molecule has 4 rings (SSSR count). The number of rotatable bonds is 3. The van der Waals surface area contributed by atoms with Gasteiger partial charge in [0.05, 0.1) is 11.6 Å². The van der Waals surface area contributed by atoms with E-state index < -0.39 is 0 Å². The molecule has 0 radical (unpaired) electrons. The number of benzene rings is 1. The monoisotopic (exact) mass is 343 g/mol. The zero-order valence-corrected chi connectivity index (χ0v) is 14.1. The van der Waals surface area contributed by atoms with Crippen molar-refractivity contribution >= 4 is 11.6 Å². The second-order valence-corrected chi connectivity index (χ2v) is 6.73. The molecule has 7 heteroatoms. The van der Waals surface area contributed by atoms with Gasteiger partial charge in [-0.15, -0.1) is 10.2 Å². The number of anilines is 1. The number of fused-ring (bicyclic) bond motifs is 1. The van der Waals surface area contributed by atoms with Crippen LogP contribution in [0.1, 0.15) is 37.9 Å². The van der Waals surface area contributed by atoms with Gasteiger partial charge in [0, 0.05) is 18.7 Å². The van der Waals surface area contributed by atoms with Crippen molar-refractivity contribution in [1.29, 1.82) is 0 Å². The fourth-order valence-corrected chi connectivity index (χ4v) is 3.60. The number of hydrogen-bond donors (Lipinski definition) is 2. The summed E-state index contributed by atoms with van der Waals surface area (Å²) in [6.07, 6.45) is 5.99. The van der Waals surface area contributed by atoms with Crippen molar-refractivity contribution in [3.63, 3.8) is 0 Å². The maximum absolute atomic E-state index is 14.4. The lowest BCUT2D eigenvalue weighted by molar-refractivity contribution is -0.117. The summed E-state index contributed by atoms with van der Waals surface area (Å²) in [5, 5.41) is 14.5. The Bertz CT molecular complexity index is 782. The van der Waals surface area contributed by atoms with Crippen LogP contribution in [0.3, 0.4) is 0 Å². The fraction of sp³-hybridized carbons (Fsp3) is 0.500. The predicted octanol–water partition coefficient (Wildman–Crippen LogP) is 2.50. The SMILES string of the molecule is O=C(Nc1ccc(F)c(-c2nnc3n2CCCCC3)c1)C1CCCN1. The Hall–Kier alpha value is -2.28. The van der Waals surface area contributed by atoms with Gasteiger partial charge in [-0.25, -0.2) is 4.39 Å². The minimum atomic E-state index is -0.351. The summed E-state index contributed by atoms with van der Waals surface area (Å²) >= 11 is 0. The summed E-state index contributed by atoms with van der Waals surface area (Å²) in [5.74, 6) is 1.03. The maximum Gasteiger partial charge on any atom is 0.241 e. The van der Waals surface area contributed by atoms with E-state index in [0.717, 1.165) is 57.4 Å². The first-order chi connectivity index (χ1) is 12.2. The van der Waals surface area contributed by atoms with Crippen LogP contribution < -0.4 is 10.6 Å². The Morgan fingerprint density at radius 3 is 3.00 bits per heavy atom. The molecular formula is C18H22FN5O. The summed E-state index contributed by atoms with van der Waals surface area (Å²) in [6, 6.07) is 4.46. The number of aromatic nitrogens is 3. The minimum absolute atomic E-state index is 0.0740.